The van der Waals surface area contributed by atoms with Crippen LogP contribution in [0.3, 0.4) is 0 Å². The van der Waals surface area contributed by atoms with Crippen LogP contribution in [0.4, 0.5) is 4.39 Å². The maximum Gasteiger partial charge on any atom is 0.344 e. The van der Waals surface area contributed by atoms with Crippen LogP contribution in [0.15, 0.2) is 42.5 Å². The summed E-state index contributed by atoms with van der Waals surface area (Å²) in [5, 5.41) is 2.64. The van der Waals surface area contributed by atoms with E-state index in [9.17, 15) is 14.0 Å². The normalized spacial score (nSPS) is 10.3. The average molecular weight is 359 g/mol. The van der Waals surface area contributed by atoms with Gasteiger partial charge in [0, 0.05) is 6.54 Å². The van der Waals surface area contributed by atoms with Gasteiger partial charge in [0.15, 0.2) is 13.2 Å². The van der Waals surface area contributed by atoms with Crippen molar-refractivity contribution in [2.24, 2.45) is 0 Å². The SMILES string of the molecule is Cc1ccc(C)c(OCC(=O)OCC(=O)NCCc2ccc(F)cc2)c1. The molecule has 2 rings (SSSR count). The first kappa shape index (κ1) is 19.4. The van der Waals surface area contributed by atoms with Crippen molar-refractivity contribution in [2.45, 2.75) is 20.3 Å². The smallest absolute Gasteiger partial charge is 0.344 e. The molecule has 0 saturated heterocycles. The molecule has 0 unspecified atom stereocenters. The predicted octanol–water partition coefficient (Wildman–Crippen LogP) is 2.72. The zero-order valence-electron chi connectivity index (χ0n) is 14.9. The molecule has 5 nitrogen and oxygen atoms in total. The first-order valence-electron chi connectivity index (χ1n) is 8.31. The zero-order valence-corrected chi connectivity index (χ0v) is 14.9. The van der Waals surface area contributed by atoms with Crippen LogP contribution in [0, 0.1) is 19.7 Å². The fraction of sp³-hybridized carbons (Fsp3) is 0.300. The molecule has 0 spiro atoms. The van der Waals surface area contributed by atoms with Crippen LogP contribution in [0.2, 0.25) is 0 Å². The van der Waals surface area contributed by atoms with Crippen LogP contribution in [0.5, 0.6) is 5.75 Å². The molecular weight excluding hydrogens is 337 g/mol. The van der Waals surface area contributed by atoms with E-state index in [0.717, 1.165) is 16.7 Å². The van der Waals surface area contributed by atoms with Gasteiger partial charge in [-0.15, -0.1) is 0 Å². The highest BCUT2D eigenvalue weighted by atomic mass is 19.1. The monoisotopic (exact) mass is 359 g/mol. The Balaban J connectivity index is 1.64. The Labute approximate surface area is 152 Å². The summed E-state index contributed by atoms with van der Waals surface area (Å²) in [5.74, 6) is -0.690. The third-order valence-corrected chi connectivity index (χ3v) is 3.70. The highest BCUT2D eigenvalue weighted by Gasteiger charge is 2.09. The quantitative estimate of drug-likeness (QED) is 0.736. The van der Waals surface area contributed by atoms with E-state index in [4.69, 9.17) is 9.47 Å². The minimum absolute atomic E-state index is 0.257. The van der Waals surface area contributed by atoms with Crippen LogP contribution in [0.1, 0.15) is 16.7 Å². The van der Waals surface area contributed by atoms with Gasteiger partial charge in [0.25, 0.3) is 5.91 Å². The third-order valence-electron chi connectivity index (χ3n) is 3.70. The maximum atomic E-state index is 12.8. The Morgan fingerprint density at radius 3 is 2.50 bits per heavy atom. The maximum absolute atomic E-state index is 12.8. The van der Waals surface area contributed by atoms with Crippen LogP contribution in [-0.4, -0.2) is 31.6 Å². The number of benzene rings is 2. The third kappa shape index (κ3) is 6.55. The molecule has 1 amide bonds. The van der Waals surface area contributed by atoms with Crippen LogP contribution in [-0.2, 0) is 20.7 Å². The molecule has 0 bridgehead atoms. The van der Waals surface area contributed by atoms with Gasteiger partial charge in [0.2, 0.25) is 0 Å². The summed E-state index contributed by atoms with van der Waals surface area (Å²) in [6.07, 6.45) is 0.565. The van der Waals surface area contributed by atoms with Gasteiger partial charge in [-0.2, -0.15) is 0 Å². The molecule has 138 valence electrons. The number of carbonyl (C=O) groups excluding carboxylic acids is 2. The van der Waals surface area contributed by atoms with Crippen molar-refractivity contribution in [3.8, 4) is 5.75 Å². The van der Waals surface area contributed by atoms with Crippen molar-refractivity contribution < 1.29 is 23.5 Å². The zero-order chi connectivity index (χ0) is 18.9. The highest BCUT2D eigenvalue weighted by molar-refractivity contribution is 5.80. The van der Waals surface area contributed by atoms with E-state index in [1.54, 1.807) is 12.1 Å². The van der Waals surface area contributed by atoms with Crippen LogP contribution in [0.25, 0.3) is 0 Å². The molecule has 0 radical (unpaired) electrons. The van der Waals surface area contributed by atoms with Gasteiger partial charge >= 0.3 is 5.97 Å². The van der Waals surface area contributed by atoms with E-state index >= 15 is 0 Å². The second kappa shape index (κ2) is 9.56. The van der Waals surface area contributed by atoms with Gasteiger partial charge in [-0.1, -0.05) is 24.3 Å². The number of hydrogen-bond donors (Lipinski definition) is 1. The summed E-state index contributed by atoms with van der Waals surface area (Å²) in [7, 11) is 0. The minimum Gasteiger partial charge on any atom is -0.482 e. The summed E-state index contributed by atoms with van der Waals surface area (Å²) >= 11 is 0. The average Bonchev–Trinajstić information content (AvgIpc) is 2.62. The topological polar surface area (TPSA) is 64.6 Å². The Bertz CT molecular complexity index is 759. The molecule has 2 aromatic rings. The van der Waals surface area contributed by atoms with Gasteiger partial charge < -0.3 is 14.8 Å². The number of esters is 1. The summed E-state index contributed by atoms with van der Waals surface area (Å²) in [5.41, 5.74) is 2.85. The number of nitrogens with one attached hydrogen (secondary N) is 1. The number of ether oxygens (including phenoxy) is 2. The van der Waals surface area contributed by atoms with E-state index in [0.29, 0.717) is 18.7 Å². The van der Waals surface area contributed by atoms with Gasteiger partial charge in [0.1, 0.15) is 11.6 Å². The lowest BCUT2D eigenvalue weighted by atomic mass is 10.1. The summed E-state index contributed by atoms with van der Waals surface area (Å²) < 4.78 is 23.1. The molecule has 26 heavy (non-hydrogen) atoms. The molecule has 0 aliphatic heterocycles. The van der Waals surface area contributed by atoms with Gasteiger partial charge in [-0.05, 0) is 55.2 Å². The molecule has 0 aromatic heterocycles. The Hall–Kier alpha value is -2.89. The predicted molar refractivity (Wildman–Crippen MR) is 95.5 cm³/mol. The van der Waals surface area contributed by atoms with Crippen molar-refractivity contribution in [2.75, 3.05) is 19.8 Å². The number of carbonyl (C=O) groups is 2. The molecule has 0 atom stereocenters. The lowest BCUT2D eigenvalue weighted by Crippen LogP contribution is -2.31. The lowest BCUT2D eigenvalue weighted by molar-refractivity contribution is -0.150. The first-order chi connectivity index (χ1) is 12.4. The molecule has 0 aliphatic rings. The van der Waals surface area contributed by atoms with Gasteiger partial charge in [0.05, 0.1) is 0 Å². The van der Waals surface area contributed by atoms with Crippen molar-refractivity contribution >= 4 is 11.9 Å². The summed E-state index contributed by atoms with van der Waals surface area (Å²) in [6.45, 7) is 3.57. The van der Waals surface area contributed by atoms with Crippen molar-refractivity contribution in [3.05, 3.63) is 65.0 Å². The largest absolute Gasteiger partial charge is 0.482 e. The van der Waals surface area contributed by atoms with Crippen LogP contribution >= 0.6 is 0 Å². The molecule has 1 N–H and O–H groups in total. The van der Waals surface area contributed by atoms with Crippen LogP contribution < -0.4 is 10.1 Å². The molecule has 0 fully saturated rings. The Kier molecular flexibility index (Phi) is 7.14. The molecule has 0 aliphatic carbocycles. The van der Waals surface area contributed by atoms with Gasteiger partial charge in [-0.25, -0.2) is 9.18 Å². The standard InChI is InChI=1S/C20H22FNO4/c1-14-3-4-15(2)18(11-14)25-13-20(24)26-12-19(23)22-10-9-16-5-7-17(21)8-6-16/h3-8,11H,9-10,12-13H2,1-2H3,(H,22,23). The van der Waals surface area contributed by atoms with Crippen molar-refractivity contribution in [3.63, 3.8) is 0 Å². The second-order valence-electron chi connectivity index (χ2n) is 5.94. The second-order valence-corrected chi connectivity index (χ2v) is 5.94. The molecule has 2 aromatic carbocycles. The number of aryl methyl sites for hydroxylation is 2. The molecule has 0 heterocycles. The van der Waals surface area contributed by atoms with E-state index in [2.05, 4.69) is 5.32 Å². The van der Waals surface area contributed by atoms with E-state index in [-0.39, 0.29) is 19.0 Å². The van der Waals surface area contributed by atoms with Crippen molar-refractivity contribution in [1.29, 1.82) is 0 Å². The van der Waals surface area contributed by atoms with Gasteiger partial charge in [-0.3, -0.25) is 4.79 Å². The number of rotatable bonds is 8. The number of halogens is 1. The Morgan fingerprint density at radius 1 is 1.04 bits per heavy atom. The number of hydrogen-bond acceptors (Lipinski definition) is 4. The molecule has 0 saturated carbocycles. The lowest BCUT2D eigenvalue weighted by Gasteiger charge is -2.10. The highest BCUT2D eigenvalue weighted by Crippen LogP contribution is 2.18. The van der Waals surface area contributed by atoms with E-state index < -0.39 is 11.9 Å². The van der Waals surface area contributed by atoms with E-state index in [1.807, 2.05) is 32.0 Å². The minimum atomic E-state index is -0.611. The first-order valence-corrected chi connectivity index (χ1v) is 8.31. The van der Waals surface area contributed by atoms with E-state index in [1.165, 1.54) is 12.1 Å². The summed E-state index contributed by atoms with van der Waals surface area (Å²) in [6, 6.07) is 11.8. The molecule has 6 heteroatoms. The fourth-order valence-electron chi connectivity index (χ4n) is 2.24. The van der Waals surface area contributed by atoms with Crippen molar-refractivity contribution in [1.82, 2.24) is 5.32 Å². The Morgan fingerprint density at radius 2 is 1.77 bits per heavy atom. The number of amides is 1. The fourth-order valence-corrected chi connectivity index (χ4v) is 2.24. The summed E-state index contributed by atoms with van der Waals surface area (Å²) in [4.78, 5) is 23.4. The molecular formula is C20H22FNO4.